The van der Waals surface area contributed by atoms with Crippen LogP contribution in [0.3, 0.4) is 0 Å². The number of anilines is 1. The van der Waals surface area contributed by atoms with Gasteiger partial charge < -0.3 is 10.2 Å². The van der Waals surface area contributed by atoms with Crippen LogP contribution >= 0.6 is 0 Å². The van der Waals surface area contributed by atoms with E-state index in [1.807, 2.05) is 0 Å². The monoisotopic (exact) mass is 496 g/mol. The molecule has 0 radical (unpaired) electrons. The van der Waals surface area contributed by atoms with Crippen LogP contribution in [0.15, 0.2) is 72.9 Å². The molecule has 2 amide bonds. The van der Waals surface area contributed by atoms with Crippen LogP contribution in [-0.2, 0) is 9.59 Å². The number of benzene rings is 3. The van der Waals surface area contributed by atoms with Crippen molar-refractivity contribution in [3.63, 3.8) is 0 Å². The van der Waals surface area contributed by atoms with Gasteiger partial charge in [-0.3, -0.25) is 9.59 Å². The Kier molecular flexibility index (Phi) is 5.74. The highest BCUT2D eigenvalue weighted by Crippen LogP contribution is 2.39. The number of amides is 2. The summed E-state index contributed by atoms with van der Waals surface area (Å²) >= 11 is 0. The molecule has 0 saturated carbocycles. The molecule has 1 aliphatic rings. The lowest BCUT2D eigenvalue weighted by atomic mass is 9.99. The lowest BCUT2D eigenvalue weighted by Crippen LogP contribution is -2.46. The Labute approximate surface area is 203 Å². The molecule has 36 heavy (non-hydrogen) atoms. The lowest BCUT2D eigenvalue weighted by molar-refractivity contribution is -0.143. The highest BCUT2D eigenvalue weighted by molar-refractivity contribution is 6.00. The minimum absolute atomic E-state index is 0.212. The van der Waals surface area contributed by atoms with Gasteiger partial charge in [0, 0.05) is 24.4 Å². The minimum Gasteiger partial charge on any atom is -0.345 e. The van der Waals surface area contributed by atoms with Gasteiger partial charge in [-0.15, -0.1) is 0 Å². The summed E-state index contributed by atoms with van der Waals surface area (Å²) in [7, 11) is 0. The number of carbonyl (C=O) groups is 2. The van der Waals surface area contributed by atoms with E-state index in [1.165, 1.54) is 41.3 Å². The summed E-state index contributed by atoms with van der Waals surface area (Å²) in [5.41, 5.74) is 2.28. The molecule has 1 N–H and O–H groups in total. The number of fused-ring (bicyclic) bond motifs is 1. The Morgan fingerprint density at radius 2 is 1.58 bits per heavy atom. The first-order chi connectivity index (χ1) is 17.1. The van der Waals surface area contributed by atoms with Gasteiger partial charge in [-0.25, -0.2) is 13.5 Å². The molecule has 2 heterocycles. The number of carbonyl (C=O) groups excluding carboxylic acids is 2. The van der Waals surface area contributed by atoms with E-state index in [-0.39, 0.29) is 18.1 Å². The molecule has 1 aliphatic heterocycles. The van der Waals surface area contributed by atoms with Crippen LogP contribution in [0.4, 0.5) is 23.2 Å². The van der Waals surface area contributed by atoms with Gasteiger partial charge >= 0.3 is 5.92 Å². The maximum Gasteiger partial charge on any atom is 0.321 e. The number of alkyl halides is 2. The molecule has 1 saturated heterocycles. The molecule has 1 fully saturated rings. The predicted molar refractivity (Wildman–Crippen MR) is 125 cm³/mol. The third kappa shape index (κ3) is 4.30. The van der Waals surface area contributed by atoms with Gasteiger partial charge in [0.1, 0.15) is 11.6 Å². The van der Waals surface area contributed by atoms with Crippen molar-refractivity contribution in [1.29, 1.82) is 0 Å². The van der Waals surface area contributed by atoms with Crippen molar-refractivity contribution in [1.82, 2.24) is 15.1 Å². The normalized spacial score (nSPS) is 18.1. The quantitative estimate of drug-likeness (QED) is 0.399. The van der Waals surface area contributed by atoms with Gasteiger partial charge in [0.15, 0.2) is 0 Å². The molecule has 10 heteroatoms. The molecule has 5 rings (SSSR count). The van der Waals surface area contributed by atoms with Crippen molar-refractivity contribution in [2.24, 2.45) is 0 Å². The number of aromatic nitrogens is 2. The van der Waals surface area contributed by atoms with Crippen molar-refractivity contribution in [3.05, 3.63) is 90.1 Å². The van der Waals surface area contributed by atoms with Gasteiger partial charge in [0.25, 0.3) is 5.91 Å². The second-order valence-corrected chi connectivity index (χ2v) is 8.71. The molecule has 4 aromatic rings. The number of rotatable bonds is 5. The Balaban J connectivity index is 1.54. The first-order valence-electron chi connectivity index (χ1n) is 11.1. The van der Waals surface area contributed by atoms with E-state index in [0.29, 0.717) is 34.8 Å². The fraction of sp³-hybridized carbons (Fsp3) is 0.192. The summed E-state index contributed by atoms with van der Waals surface area (Å²) in [6.45, 7) is 0.483. The molecule has 3 aromatic carbocycles. The van der Waals surface area contributed by atoms with Crippen molar-refractivity contribution in [2.75, 3.05) is 4.90 Å². The van der Waals surface area contributed by atoms with Gasteiger partial charge in [-0.2, -0.15) is 13.9 Å². The molecule has 1 unspecified atom stereocenters. The molecule has 1 aromatic heterocycles. The van der Waals surface area contributed by atoms with E-state index in [2.05, 4.69) is 10.4 Å². The SMILES string of the molecule is CC(F)(F)C(=O)N[C@H]1CC(=O)N(c2ccc3c(cnn3-c3ccc(F)cc3)c2)C1c1ccc(F)cc1. The van der Waals surface area contributed by atoms with Crippen LogP contribution in [0.5, 0.6) is 0 Å². The number of nitrogens with one attached hydrogen (secondary N) is 1. The average molecular weight is 496 g/mol. The number of hydrogen-bond acceptors (Lipinski definition) is 3. The summed E-state index contributed by atoms with van der Waals surface area (Å²) in [6.07, 6.45) is 1.38. The van der Waals surface area contributed by atoms with Crippen LogP contribution in [0.2, 0.25) is 0 Å². The van der Waals surface area contributed by atoms with Crippen LogP contribution in [-0.4, -0.2) is 33.6 Å². The predicted octanol–water partition coefficient (Wildman–Crippen LogP) is 4.92. The number of halogens is 4. The van der Waals surface area contributed by atoms with Crippen molar-refractivity contribution >= 4 is 28.4 Å². The Hall–Kier alpha value is -4.21. The molecule has 184 valence electrons. The molecule has 6 nitrogen and oxygen atoms in total. The van der Waals surface area contributed by atoms with Gasteiger partial charge in [-0.05, 0) is 60.2 Å². The first-order valence-corrected chi connectivity index (χ1v) is 11.1. The maximum absolute atomic E-state index is 13.6. The second kappa shape index (κ2) is 8.78. The highest BCUT2D eigenvalue weighted by atomic mass is 19.3. The largest absolute Gasteiger partial charge is 0.345 e. The van der Waals surface area contributed by atoms with Crippen LogP contribution < -0.4 is 10.2 Å². The zero-order valence-corrected chi connectivity index (χ0v) is 19.0. The van der Waals surface area contributed by atoms with Gasteiger partial charge in [-0.1, -0.05) is 12.1 Å². The summed E-state index contributed by atoms with van der Waals surface area (Å²) < 4.78 is 55.8. The number of hydrogen-bond donors (Lipinski definition) is 1. The van der Waals surface area contributed by atoms with E-state index in [9.17, 15) is 27.2 Å². The van der Waals surface area contributed by atoms with Crippen LogP contribution in [0, 0.1) is 11.6 Å². The van der Waals surface area contributed by atoms with E-state index < -0.39 is 29.7 Å². The van der Waals surface area contributed by atoms with Crippen molar-refractivity contribution < 1.29 is 27.2 Å². The zero-order chi connectivity index (χ0) is 25.6. The smallest absolute Gasteiger partial charge is 0.321 e. The van der Waals surface area contributed by atoms with E-state index in [4.69, 9.17) is 0 Å². The molecule has 2 atom stereocenters. The first kappa shape index (κ1) is 23.5. The van der Waals surface area contributed by atoms with Gasteiger partial charge in [0.05, 0.1) is 29.5 Å². The standard InChI is InChI=1S/C26H20F4N4O2/c1-26(29,30)25(36)32-21-13-23(35)33(24(21)15-2-4-17(27)5-3-15)20-10-11-22-16(12-20)14-31-34(22)19-8-6-18(28)7-9-19/h2-12,14,21,24H,13H2,1H3,(H,32,36)/t21-,24?/m0/s1. The summed E-state index contributed by atoms with van der Waals surface area (Å²) in [5.74, 6) is -6.38. The van der Waals surface area contributed by atoms with Crippen molar-refractivity contribution in [2.45, 2.75) is 31.4 Å². The minimum atomic E-state index is -3.63. The molecule has 0 bridgehead atoms. The Morgan fingerprint density at radius 3 is 2.22 bits per heavy atom. The summed E-state index contributed by atoms with van der Waals surface area (Å²) in [5, 5.41) is 7.32. The van der Waals surface area contributed by atoms with Gasteiger partial charge in [0.2, 0.25) is 5.91 Å². The maximum atomic E-state index is 13.6. The van der Waals surface area contributed by atoms with E-state index in [0.717, 1.165) is 0 Å². The van der Waals surface area contributed by atoms with E-state index in [1.54, 1.807) is 41.2 Å². The third-order valence-corrected chi connectivity index (χ3v) is 6.15. The number of nitrogens with zero attached hydrogens (tertiary/aromatic N) is 3. The van der Waals surface area contributed by atoms with Crippen molar-refractivity contribution in [3.8, 4) is 5.69 Å². The zero-order valence-electron chi connectivity index (χ0n) is 19.0. The topological polar surface area (TPSA) is 67.2 Å². The fourth-order valence-electron chi connectivity index (χ4n) is 4.46. The molecular weight excluding hydrogens is 476 g/mol. The van der Waals surface area contributed by atoms with E-state index >= 15 is 0 Å². The van der Waals surface area contributed by atoms with Crippen LogP contribution in [0.1, 0.15) is 24.9 Å². The summed E-state index contributed by atoms with van der Waals surface area (Å²) in [6, 6.07) is 14.5. The fourth-order valence-corrected chi connectivity index (χ4v) is 4.46. The summed E-state index contributed by atoms with van der Waals surface area (Å²) in [4.78, 5) is 26.6. The van der Waals surface area contributed by atoms with Crippen LogP contribution in [0.25, 0.3) is 16.6 Å². The molecule has 0 aliphatic carbocycles. The average Bonchev–Trinajstić information content (AvgIpc) is 3.39. The Bertz CT molecular complexity index is 1450. The molecular formula is C26H20F4N4O2. The molecule has 0 spiro atoms. The third-order valence-electron chi connectivity index (χ3n) is 6.15. The highest BCUT2D eigenvalue weighted by Gasteiger charge is 2.45. The lowest BCUT2D eigenvalue weighted by Gasteiger charge is -2.29. The Morgan fingerprint density at radius 1 is 0.972 bits per heavy atom. The second-order valence-electron chi connectivity index (χ2n) is 8.71.